The Morgan fingerprint density at radius 3 is 2.70 bits per heavy atom. The first-order chi connectivity index (χ1) is 9.36. The predicted octanol–water partition coefficient (Wildman–Crippen LogP) is 2.59. The lowest BCUT2D eigenvalue weighted by molar-refractivity contribution is 0.405. The molecule has 2 unspecified atom stereocenters. The van der Waals surface area contributed by atoms with Gasteiger partial charge >= 0.3 is 0 Å². The SMILES string of the molecule is CCNc1ncc(S(=O)(=O)N2CC(C)CC2C)cc1Cl. The van der Waals surface area contributed by atoms with Crippen molar-refractivity contribution in [3.05, 3.63) is 17.3 Å². The standard InChI is InChI=1S/C13H20ClN3O2S/c1-4-15-13-12(14)6-11(7-16-13)20(18,19)17-8-9(2)5-10(17)3/h6-7,9-10H,4-5,8H2,1-3H3,(H,15,16). The predicted molar refractivity (Wildman–Crippen MR) is 80.5 cm³/mol. The van der Waals surface area contributed by atoms with E-state index in [9.17, 15) is 8.42 Å². The molecule has 1 aliphatic heterocycles. The van der Waals surface area contributed by atoms with Gasteiger partial charge in [0.15, 0.2) is 0 Å². The minimum absolute atomic E-state index is 0.0159. The number of nitrogens with one attached hydrogen (secondary N) is 1. The Morgan fingerprint density at radius 1 is 1.50 bits per heavy atom. The van der Waals surface area contributed by atoms with Crippen molar-refractivity contribution in [2.45, 2.75) is 38.1 Å². The highest BCUT2D eigenvalue weighted by molar-refractivity contribution is 7.89. The fourth-order valence-corrected chi connectivity index (χ4v) is 4.62. The van der Waals surface area contributed by atoms with Crippen molar-refractivity contribution in [3.63, 3.8) is 0 Å². The minimum Gasteiger partial charge on any atom is -0.369 e. The van der Waals surface area contributed by atoms with Crippen molar-refractivity contribution in [3.8, 4) is 0 Å². The molecule has 20 heavy (non-hydrogen) atoms. The first-order valence-corrected chi connectivity index (χ1v) is 8.59. The van der Waals surface area contributed by atoms with E-state index in [-0.39, 0.29) is 10.9 Å². The van der Waals surface area contributed by atoms with Gasteiger partial charge in [0.05, 0.1) is 5.02 Å². The zero-order chi connectivity index (χ0) is 14.9. The second-order valence-corrected chi connectivity index (χ2v) is 7.59. The molecule has 2 heterocycles. The first kappa shape index (κ1) is 15.5. The average molecular weight is 318 g/mol. The lowest BCUT2D eigenvalue weighted by Gasteiger charge is -2.21. The summed E-state index contributed by atoms with van der Waals surface area (Å²) in [5, 5.41) is 3.32. The smallest absolute Gasteiger partial charge is 0.244 e. The van der Waals surface area contributed by atoms with Crippen LogP contribution in [0.2, 0.25) is 5.02 Å². The van der Waals surface area contributed by atoms with Gasteiger partial charge in [-0.1, -0.05) is 18.5 Å². The van der Waals surface area contributed by atoms with Gasteiger partial charge in [0, 0.05) is 25.3 Å². The summed E-state index contributed by atoms with van der Waals surface area (Å²) in [6, 6.07) is 1.49. The third kappa shape index (κ3) is 2.92. The molecule has 1 aliphatic rings. The van der Waals surface area contributed by atoms with Gasteiger partial charge in [-0.25, -0.2) is 13.4 Å². The quantitative estimate of drug-likeness (QED) is 0.927. The van der Waals surface area contributed by atoms with Crippen molar-refractivity contribution in [2.24, 2.45) is 5.92 Å². The summed E-state index contributed by atoms with van der Waals surface area (Å²) in [7, 11) is -3.52. The molecule has 2 atom stereocenters. The molecule has 1 saturated heterocycles. The van der Waals surface area contributed by atoms with Gasteiger partial charge in [0.1, 0.15) is 10.7 Å². The Labute approximate surface area is 125 Å². The maximum Gasteiger partial charge on any atom is 0.244 e. The van der Waals surface area contributed by atoms with Gasteiger partial charge < -0.3 is 5.32 Å². The van der Waals surface area contributed by atoms with E-state index in [2.05, 4.69) is 17.2 Å². The van der Waals surface area contributed by atoms with Crippen LogP contribution in [0.4, 0.5) is 5.82 Å². The lowest BCUT2D eigenvalue weighted by Crippen LogP contribution is -2.34. The number of pyridine rings is 1. The molecule has 0 aromatic carbocycles. The van der Waals surface area contributed by atoms with Crippen LogP contribution in [0.5, 0.6) is 0 Å². The summed E-state index contributed by atoms with van der Waals surface area (Å²) in [5.41, 5.74) is 0. The largest absolute Gasteiger partial charge is 0.369 e. The molecule has 5 nitrogen and oxygen atoms in total. The highest BCUT2D eigenvalue weighted by Crippen LogP contribution is 2.30. The topological polar surface area (TPSA) is 62.3 Å². The van der Waals surface area contributed by atoms with Crippen molar-refractivity contribution in [2.75, 3.05) is 18.4 Å². The molecule has 1 N–H and O–H groups in total. The van der Waals surface area contributed by atoms with Gasteiger partial charge in [0.25, 0.3) is 0 Å². The van der Waals surface area contributed by atoms with Gasteiger partial charge in [-0.15, -0.1) is 0 Å². The Morgan fingerprint density at radius 2 is 2.20 bits per heavy atom. The van der Waals surface area contributed by atoms with Crippen LogP contribution in [-0.4, -0.2) is 36.8 Å². The second-order valence-electron chi connectivity index (χ2n) is 5.30. The molecule has 0 saturated carbocycles. The maximum absolute atomic E-state index is 12.6. The first-order valence-electron chi connectivity index (χ1n) is 6.77. The van der Waals surface area contributed by atoms with Gasteiger partial charge in [-0.05, 0) is 32.3 Å². The third-order valence-electron chi connectivity index (χ3n) is 3.49. The minimum atomic E-state index is -3.52. The fourth-order valence-electron chi connectivity index (χ4n) is 2.59. The zero-order valence-electron chi connectivity index (χ0n) is 11.9. The number of halogens is 1. The summed E-state index contributed by atoms with van der Waals surface area (Å²) >= 11 is 6.08. The number of hydrogen-bond acceptors (Lipinski definition) is 4. The number of nitrogens with zero attached hydrogens (tertiary/aromatic N) is 2. The van der Waals surface area contributed by atoms with Crippen LogP contribution in [0, 0.1) is 5.92 Å². The van der Waals surface area contributed by atoms with Crippen LogP contribution in [0.3, 0.4) is 0 Å². The molecule has 112 valence electrons. The van der Waals surface area contributed by atoms with Crippen LogP contribution in [0.15, 0.2) is 17.2 Å². The van der Waals surface area contributed by atoms with Crippen molar-refractivity contribution < 1.29 is 8.42 Å². The number of rotatable bonds is 4. The molecular weight excluding hydrogens is 298 g/mol. The van der Waals surface area contributed by atoms with Gasteiger partial charge in [-0.3, -0.25) is 0 Å². The molecule has 0 aliphatic carbocycles. The number of anilines is 1. The monoisotopic (exact) mass is 317 g/mol. The van der Waals surface area contributed by atoms with Crippen LogP contribution in [0.1, 0.15) is 27.2 Å². The van der Waals surface area contributed by atoms with E-state index >= 15 is 0 Å². The molecule has 0 radical (unpaired) electrons. The molecule has 0 bridgehead atoms. The molecule has 7 heteroatoms. The van der Waals surface area contributed by atoms with Crippen LogP contribution in [-0.2, 0) is 10.0 Å². The molecule has 0 spiro atoms. The molecule has 0 amide bonds. The maximum atomic E-state index is 12.6. The summed E-state index contributed by atoms with van der Waals surface area (Å²) in [6.07, 6.45) is 2.25. The zero-order valence-corrected chi connectivity index (χ0v) is 13.5. The summed E-state index contributed by atoms with van der Waals surface area (Å²) in [6.45, 7) is 7.15. The average Bonchev–Trinajstić information content (AvgIpc) is 2.72. The Kier molecular flexibility index (Phi) is 4.56. The number of aromatic nitrogens is 1. The Balaban J connectivity index is 2.33. The van der Waals surface area contributed by atoms with E-state index in [1.54, 1.807) is 0 Å². The molecule has 1 fully saturated rings. The second kappa shape index (κ2) is 5.87. The highest BCUT2D eigenvalue weighted by Gasteiger charge is 2.36. The van der Waals surface area contributed by atoms with Crippen LogP contribution < -0.4 is 5.32 Å². The normalized spacial score (nSPS) is 24.0. The van der Waals surface area contributed by atoms with Gasteiger partial charge in [0.2, 0.25) is 10.0 Å². The van der Waals surface area contributed by atoms with E-state index < -0.39 is 10.0 Å². The highest BCUT2D eigenvalue weighted by atomic mass is 35.5. The van der Waals surface area contributed by atoms with Crippen LogP contribution in [0.25, 0.3) is 0 Å². The molecule has 2 rings (SSSR count). The van der Waals surface area contributed by atoms with E-state index in [1.165, 1.54) is 16.6 Å². The van der Waals surface area contributed by atoms with E-state index in [4.69, 9.17) is 11.6 Å². The molecule has 1 aromatic rings. The number of sulfonamides is 1. The number of hydrogen-bond donors (Lipinski definition) is 1. The lowest BCUT2D eigenvalue weighted by atomic mass is 10.1. The summed E-state index contributed by atoms with van der Waals surface area (Å²) in [4.78, 5) is 4.26. The summed E-state index contributed by atoms with van der Waals surface area (Å²) < 4.78 is 26.8. The third-order valence-corrected chi connectivity index (χ3v) is 5.73. The fraction of sp³-hybridized carbons (Fsp3) is 0.615. The summed E-state index contributed by atoms with van der Waals surface area (Å²) in [5.74, 6) is 0.889. The van der Waals surface area contributed by atoms with Gasteiger partial charge in [-0.2, -0.15) is 4.31 Å². The van der Waals surface area contributed by atoms with Crippen molar-refractivity contribution in [1.29, 1.82) is 0 Å². The van der Waals surface area contributed by atoms with Crippen molar-refractivity contribution >= 4 is 27.4 Å². The Hall–Kier alpha value is -0.850. The molecule has 1 aromatic heterocycles. The van der Waals surface area contributed by atoms with E-state index in [0.29, 0.717) is 29.8 Å². The van der Waals surface area contributed by atoms with Crippen LogP contribution >= 0.6 is 11.6 Å². The Bertz CT molecular complexity index is 591. The van der Waals surface area contributed by atoms with E-state index in [0.717, 1.165) is 6.42 Å². The van der Waals surface area contributed by atoms with Crippen molar-refractivity contribution in [1.82, 2.24) is 9.29 Å². The molecular formula is C13H20ClN3O2S. The van der Waals surface area contributed by atoms with E-state index in [1.807, 2.05) is 13.8 Å².